The van der Waals surface area contributed by atoms with E-state index in [2.05, 4.69) is 5.10 Å². The first-order chi connectivity index (χ1) is 7.46. The third kappa shape index (κ3) is 1.10. The minimum atomic E-state index is -4.15. The molecule has 1 fully saturated rings. The van der Waals surface area contributed by atoms with Crippen LogP contribution in [0.4, 0.5) is 13.2 Å². The van der Waals surface area contributed by atoms with Crippen LogP contribution in [0.2, 0.25) is 0 Å². The van der Waals surface area contributed by atoms with E-state index >= 15 is 0 Å². The summed E-state index contributed by atoms with van der Waals surface area (Å²) in [5, 5.41) is 3.99. The lowest BCUT2D eigenvalue weighted by Gasteiger charge is -2.26. The van der Waals surface area contributed by atoms with Crippen molar-refractivity contribution in [2.75, 3.05) is 0 Å². The molecule has 1 aromatic heterocycles. The zero-order chi connectivity index (χ0) is 11.6. The lowest BCUT2D eigenvalue weighted by atomic mass is 9.93. The number of fused-ring (bicyclic) bond motifs is 1. The normalized spacial score (nSPS) is 31.5. The van der Waals surface area contributed by atoms with E-state index in [-0.39, 0.29) is 18.9 Å². The third-order valence-corrected chi connectivity index (χ3v) is 3.84. The van der Waals surface area contributed by atoms with Gasteiger partial charge in [0.15, 0.2) is 0 Å². The molecule has 0 amide bonds. The Morgan fingerprint density at radius 1 is 1.44 bits per heavy atom. The Bertz CT molecular complexity index is 419. The van der Waals surface area contributed by atoms with Crippen LogP contribution in [0, 0.1) is 5.41 Å². The van der Waals surface area contributed by atoms with Crippen molar-refractivity contribution in [1.82, 2.24) is 9.78 Å². The summed E-state index contributed by atoms with van der Waals surface area (Å²) < 4.78 is 40.5. The summed E-state index contributed by atoms with van der Waals surface area (Å²) in [7, 11) is 0. The highest BCUT2D eigenvalue weighted by Gasteiger charge is 2.69. The quantitative estimate of drug-likeness (QED) is 0.805. The average molecular weight is 231 g/mol. The Kier molecular flexibility index (Phi) is 1.77. The van der Waals surface area contributed by atoms with Crippen molar-refractivity contribution in [1.29, 1.82) is 0 Å². The number of nitrogens with two attached hydrogens (primary N) is 1. The van der Waals surface area contributed by atoms with Gasteiger partial charge in [0.05, 0.1) is 17.2 Å². The molecule has 2 heterocycles. The van der Waals surface area contributed by atoms with Crippen molar-refractivity contribution in [2.45, 2.75) is 37.5 Å². The molecule has 1 aliphatic heterocycles. The largest absolute Gasteiger partial charge is 0.396 e. The minimum Gasteiger partial charge on any atom is -0.323 e. The van der Waals surface area contributed by atoms with Crippen molar-refractivity contribution in [3.63, 3.8) is 0 Å². The molecule has 1 aliphatic carbocycles. The van der Waals surface area contributed by atoms with Gasteiger partial charge in [-0.3, -0.25) is 4.68 Å². The van der Waals surface area contributed by atoms with Crippen LogP contribution in [0.5, 0.6) is 0 Å². The standard InChI is InChI=1S/C10H12F3N3/c11-10(12,13)9(2-3-9)8-5-6(14)7-1-4-15-16(7)8/h1,4,6,8H,2-3,5,14H2/t6-,8+/m0/s1. The van der Waals surface area contributed by atoms with Gasteiger partial charge < -0.3 is 5.73 Å². The van der Waals surface area contributed by atoms with E-state index in [1.807, 2.05) is 0 Å². The van der Waals surface area contributed by atoms with Crippen LogP contribution >= 0.6 is 0 Å². The van der Waals surface area contributed by atoms with Gasteiger partial charge in [-0.1, -0.05) is 0 Å². The molecule has 1 saturated carbocycles. The first kappa shape index (κ1) is 10.1. The molecule has 0 spiro atoms. The number of rotatable bonds is 1. The number of nitrogens with zero attached hydrogens (tertiary/aromatic N) is 2. The van der Waals surface area contributed by atoms with E-state index in [0.29, 0.717) is 6.42 Å². The summed E-state index contributed by atoms with van der Waals surface area (Å²) >= 11 is 0. The van der Waals surface area contributed by atoms with Crippen LogP contribution in [-0.2, 0) is 0 Å². The van der Waals surface area contributed by atoms with E-state index < -0.39 is 17.6 Å². The molecule has 16 heavy (non-hydrogen) atoms. The molecule has 1 aromatic rings. The lowest BCUT2D eigenvalue weighted by Crippen LogP contribution is -2.33. The molecule has 0 radical (unpaired) electrons. The van der Waals surface area contributed by atoms with Crippen molar-refractivity contribution in [2.24, 2.45) is 11.1 Å². The molecule has 88 valence electrons. The molecule has 0 aromatic carbocycles. The predicted molar refractivity (Wildman–Crippen MR) is 50.5 cm³/mol. The van der Waals surface area contributed by atoms with Gasteiger partial charge in [-0.2, -0.15) is 18.3 Å². The molecule has 6 heteroatoms. The molecule has 2 atom stereocenters. The highest BCUT2D eigenvalue weighted by molar-refractivity contribution is 5.19. The molecule has 2 N–H and O–H groups in total. The fourth-order valence-electron chi connectivity index (χ4n) is 2.74. The van der Waals surface area contributed by atoms with Crippen LogP contribution in [-0.4, -0.2) is 16.0 Å². The number of hydrogen-bond acceptors (Lipinski definition) is 2. The number of aromatic nitrogens is 2. The van der Waals surface area contributed by atoms with Crippen molar-refractivity contribution in [3.05, 3.63) is 18.0 Å². The Morgan fingerprint density at radius 2 is 2.12 bits per heavy atom. The Morgan fingerprint density at radius 3 is 2.69 bits per heavy atom. The second-order valence-electron chi connectivity index (χ2n) is 4.71. The summed E-state index contributed by atoms with van der Waals surface area (Å²) in [5.74, 6) is 0. The monoisotopic (exact) mass is 231 g/mol. The number of alkyl halides is 3. The molecule has 0 unspecified atom stereocenters. The zero-order valence-electron chi connectivity index (χ0n) is 8.54. The van der Waals surface area contributed by atoms with Crippen LogP contribution in [0.25, 0.3) is 0 Å². The molecular formula is C10H12F3N3. The SMILES string of the molecule is N[C@H]1C[C@H](C2(C(F)(F)F)CC2)n2nccc21. The first-order valence-corrected chi connectivity index (χ1v) is 5.31. The van der Waals surface area contributed by atoms with E-state index in [1.54, 1.807) is 6.07 Å². The summed E-state index contributed by atoms with van der Waals surface area (Å²) in [6.07, 6.45) is -1.87. The average Bonchev–Trinajstić information content (AvgIpc) is 2.74. The fourth-order valence-corrected chi connectivity index (χ4v) is 2.74. The zero-order valence-corrected chi connectivity index (χ0v) is 8.54. The number of hydrogen-bond donors (Lipinski definition) is 1. The summed E-state index contributed by atoms with van der Waals surface area (Å²) in [6.45, 7) is 0. The van der Waals surface area contributed by atoms with Crippen LogP contribution in [0.1, 0.15) is 37.0 Å². The summed E-state index contributed by atoms with van der Waals surface area (Å²) in [5.41, 5.74) is 4.98. The summed E-state index contributed by atoms with van der Waals surface area (Å²) in [6, 6.07) is 0.789. The number of halogens is 3. The maximum atomic E-state index is 13.0. The Labute approximate surface area is 90.4 Å². The van der Waals surface area contributed by atoms with Gasteiger partial charge >= 0.3 is 6.18 Å². The van der Waals surface area contributed by atoms with Gasteiger partial charge in [-0.05, 0) is 25.3 Å². The van der Waals surface area contributed by atoms with Gasteiger partial charge in [0.2, 0.25) is 0 Å². The van der Waals surface area contributed by atoms with Crippen LogP contribution in [0.3, 0.4) is 0 Å². The topological polar surface area (TPSA) is 43.8 Å². The maximum absolute atomic E-state index is 13.0. The predicted octanol–water partition coefficient (Wildman–Crippen LogP) is 2.17. The summed E-state index contributed by atoms with van der Waals surface area (Å²) in [4.78, 5) is 0. The van der Waals surface area contributed by atoms with Crippen molar-refractivity contribution in [3.8, 4) is 0 Å². The molecular weight excluding hydrogens is 219 g/mol. The van der Waals surface area contributed by atoms with Gasteiger partial charge in [0, 0.05) is 12.2 Å². The smallest absolute Gasteiger partial charge is 0.323 e. The maximum Gasteiger partial charge on any atom is 0.396 e. The molecule has 0 bridgehead atoms. The lowest BCUT2D eigenvalue weighted by molar-refractivity contribution is -0.200. The van der Waals surface area contributed by atoms with Gasteiger partial charge in [-0.25, -0.2) is 0 Å². The second-order valence-corrected chi connectivity index (χ2v) is 4.71. The van der Waals surface area contributed by atoms with Gasteiger partial charge in [-0.15, -0.1) is 0 Å². The fraction of sp³-hybridized carbons (Fsp3) is 0.700. The highest BCUT2D eigenvalue weighted by Crippen LogP contribution is 2.66. The Balaban J connectivity index is 2.00. The molecule has 3 rings (SSSR count). The molecule has 3 nitrogen and oxygen atoms in total. The molecule has 0 saturated heterocycles. The minimum absolute atomic E-state index is 0.202. The van der Waals surface area contributed by atoms with Crippen molar-refractivity contribution < 1.29 is 13.2 Å². The van der Waals surface area contributed by atoms with Gasteiger partial charge in [0.1, 0.15) is 0 Å². The van der Waals surface area contributed by atoms with E-state index in [0.717, 1.165) is 5.69 Å². The first-order valence-electron chi connectivity index (χ1n) is 5.31. The van der Waals surface area contributed by atoms with E-state index in [1.165, 1.54) is 10.9 Å². The van der Waals surface area contributed by atoms with Gasteiger partial charge in [0.25, 0.3) is 0 Å². The van der Waals surface area contributed by atoms with E-state index in [4.69, 9.17) is 5.73 Å². The third-order valence-electron chi connectivity index (χ3n) is 3.84. The highest BCUT2D eigenvalue weighted by atomic mass is 19.4. The molecule has 2 aliphatic rings. The van der Waals surface area contributed by atoms with E-state index in [9.17, 15) is 13.2 Å². The van der Waals surface area contributed by atoms with Crippen LogP contribution < -0.4 is 5.73 Å². The van der Waals surface area contributed by atoms with Crippen molar-refractivity contribution >= 4 is 0 Å². The van der Waals surface area contributed by atoms with Crippen LogP contribution in [0.15, 0.2) is 12.3 Å². The second kappa shape index (κ2) is 2.80. The Hall–Kier alpha value is -1.04.